The zero-order valence-corrected chi connectivity index (χ0v) is 10.2. The molecule has 0 saturated carbocycles. The number of rotatable bonds is 4. The molecule has 0 unspecified atom stereocenters. The Morgan fingerprint density at radius 3 is 2.53 bits per heavy atom. The van der Waals surface area contributed by atoms with E-state index in [0.717, 1.165) is 6.54 Å². The number of hydrogen-bond acceptors (Lipinski definition) is 1. The van der Waals surface area contributed by atoms with Crippen LogP contribution in [0.4, 0.5) is 0 Å². The molecule has 1 nitrogen and oxygen atoms in total. The van der Waals surface area contributed by atoms with Gasteiger partial charge in [-0.15, -0.1) is 0 Å². The summed E-state index contributed by atoms with van der Waals surface area (Å²) in [5.41, 5.74) is 3.96. The Hall–Kier alpha value is -1.24. The van der Waals surface area contributed by atoms with Crippen LogP contribution in [0.2, 0.25) is 0 Å². The monoisotopic (exact) mass is 203 g/mol. The van der Waals surface area contributed by atoms with Gasteiger partial charge in [0.2, 0.25) is 0 Å². The van der Waals surface area contributed by atoms with Gasteiger partial charge in [-0.25, -0.2) is 0 Å². The molecule has 1 rings (SSSR count). The lowest BCUT2D eigenvalue weighted by atomic mass is 10.1. The summed E-state index contributed by atoms with van der Waals surface area (Å²) in [5.74, 6) is 0.689. The van der Waals surface area contributed by atoms with Gasteiger partial charge < -0.3 is 5.32 Å². The molecule has 1 aromatic rings. The smallest absolute Gasteiger partial charge is 0.0164 e. The molecule has 0 aliphatic carbocycles. The minimum Gasteiger partial charge on any atom is -0.391 e. The normalized spacial score (nSPS) is 11.3. The summed E-state index contributed by atoms with van der Waals surface area (Å²) in [6.07, 6.45) is 4.15. The molecule has 1 N–H and O–H groups in total. The molecule has 0 heterocycles. The Morgan fingerprint density at radius 2 is 1.93 bits per heavy atom. The van der Waals surface area contributed by atoms with Crippen LogP contribution in [0.1, 0.15) is 30.5 Å². The van der Waals surface area contributed by atoms with Crippen molar-refractivity contribution in [2.45, 2.75) is 27.7 Å². The third-order valence-electron chi connectivity index (χ3n) is 2.45. The minimum atomic E-state index is 0.689. The second kappa shape index (κ2) is 5.59. The molecule has 0 radical (unpaired) electrons. The quantitative estimate of drug-likeness (QED) is 0.789. The Labute approximate surface area is 93.2 Å². The van der Waals surface area contributed by atoms with Crippen molar-refractivity contribution < 1.29 is 0 Å². The second-order valence-electron chi connectivity index (χ2n) is 4.48. The Balaban J connectivity index is 2.53. The van der Waals surface area contributed by atoms with Gasteiger partial charge in [-0.05, 0) is 48.7 Å². The fourth-order valence-corrected chi connectivity index (χ4v) is 1.33. The van der Waals surface area contributed by atoms with E-state index < -0.39 is 0 Å². The number of nitrogens with one attached hydrogen (secondary N) is 1. The van der Waals surface area contributed by atoms with Crippen LogP contribution in [0.15, 0.2) is 24.4 Å². The summed E-state index contributed by atoms with van der Waals surface area (Å²) < 4.78 is 0. The van der Waals surface area contributed by atoms with Gasteiger partial charge >= 0.3 is 0 Å². The van der Waals surface area contributed by atoms with Crippen molar-refractivity contribution in [3.8, 4) is 0 Å². The zero-order valence-electron chi connectivity index (χ0n) is 10.2. The van der Waals surface area contributed by atoms with Crippen LogP contribution < -0.4 is 5.32 Å². The summed E-state index contributed by atoms with van der Waals surface area (Å²) in [6, 6.07) is 6.52. The Kier molecular flexibility index (Phi) is 4.41. The predicted octanol–water partition coefficient (Wildman–Crippen LogP) is 3.52. The fraction of sp³-hybridized carbons (Fsp3) is 0.429. The zero-order chi connectivity index (χ0) is 11.3. The first-order valence-electron chi connectivity index (χ1n) is 5.57. The minimum absolute atomic E-state index is 0.689. The number of aryl methyl sites for hydroxylation is 2. The van der Waals surface area contributed by atoms with E-state index >= 15 is 0 Å². The molecule has 15 heavy (non-hydrogen) atoms. The third-order valence-corrected chi connectivity index (χ3v) is 2.45. The van der Waals surface area contributed by atoms with Crippen molar-refractivity contribution >= 4 is 6.08 Å². The number of benzene rings is 1. The molecule has 1 heteroatoms. The summed E-state index contributed by atoms with van der Waals surface area (Å²) in [7, 11) is 0. The van der Waals surface area contributed by atoms with Gasteiger partial charge in [-0.1, -0.05) is 32.0 Å². The van der Waals surface area contributed by atoms with Crippen LogP contribution in [0, 0.1) is 19.8 Å². The summed E-state index contributed by atoms with van der Waals surface area (Å²) in [5, 5.41) is 3.29. The lowest BCUT2D eigenvalue weighted by Gasteiger charge is -2.04. The van der Waals surface area contributed by atoms with Crippen molar-refractivity contribution in [3.63, 3.8) is 0 Å². The highest BCUT2D eigenvalue weighted by atomic mass is 14.8. The van der Waals surface area contributed by atoms with Gasteiger partial charge in [-0.3, -0.25) is 0 Å². The van der Waals surface area contributed by atoms with Crippen molar-refractivity contribution in [2.75, 3.05) is 6.54 Å². The van der Waals surface area contributed by atoms with Crippen molar-refractivity contribution in [2.24, 2.45) is 5.92 Å². The van der Waals surface area contributed by atoms with Crippen LogP contribution in [-0.2, 0) is 0 Å². The lowest BCUT2D eigenvalue weighted by molar-refractivity contribution is 0.612. The molecule has 0 aliphatic heterocycles. The molecule has 82 valence electrons. The molecular weight excluding hydrogens is 182 g/mol. The number of hydrogen-bond donors (Lipinski definition) is 1. The standard InChI is InChI=1S/C14H21N/c1-11(2)10-15-8-7-14-6-5-12(3)13(4)9-14/h5-9,11,15H,10H2,1-4H3/b8-7+. The van der Waals surface area contributed by atoms with Crippen molar-refractivity contribution in [1.29, 1.82) is 0 Å². The fourth-order valence-electron chi connectivity index (χ4n) is 1.33. The van der Waals surface area contributed by atoms with Crippen LogP contribution >= 0.6 is 0 Å². The first-order chi connectivity index (χ1) is 7.09. The van der Waals surface area contributed by atoms with Gasteiger partial charge in [0.05, 0.1) is 0 Å². The highest BCUT2D eigenvalue weighted by molar-refractivity contribution is 5.51. The van der Waals surface area contributed by atoms with E-state index in [1.807, 2.05) is 6.20 Å². The van der Waals surface area contributed by atoms with Crippen LogP contribution in [0.5, 0.6) is 0 Å². The van der Waals surface area contributed by atoms with E-state index in [2.05, 4.69) is 57.3 Å². The van der Waals surface area contributed by atoms with Gasteiger partial charge in [0, 0.05) is 6.54 Å². The van der Waals surface area contributed by atoms with E-state index in [1.165, 1.54) is 16.7 Å². The third kappa shape index (κ3) is 4.20. The maximum atomic E-state index is 3.29. The van der Waals surface area contributed by atoms with Crippen LogP contribution in [0.25, 0.3) is 6.08 Å². The lowest BCUT2D eigenvalue weighted by Crippen LogP contribution is -2.12. The van der Waals surface area contributed by atoms with Crippen molar-refractivity contribution in [3.05, 3.63) is 41.1 Å². The highest BCUT2D eigenvalue weighted by Crippen LogP contribution is 2.10. The van der Waals surface area contributed by atoms with Crippen LogP contribution in [0.3, 0.4) is 0 Å². The Morgan fingerprint density at radius 1 is 1.20 bits per heavy atom. The maximum absolute atomic E-state index is 3.29. The van der Waals surface area contributed by atoms with Gasteiger partial charge in [0.25, 0.3) is 0 Å². The topological polar surface area (TPSA) is 12.0 Å². The molecule has 0 spiro atoms. The first kappa shape index (κ1) is 11.8. The molecule has 0 saturated heterocycles. The molecule has 0 aliphatic rings. The SMILES string of the molecule is Cc1ccc(/C=C/NCC(C)C)cc1C. The van der Waals surface area contributed by atoms with Crippen LogP contribution in [-0.4, -0.2) is 6.54 Å². The van der Waals surface area contributed by atoms with E-state index in [-0.39, 0.29) is 0 Å². The van der Waals surface area contributed by atoms with E-state index in [4.69, 9.17) is 0 Å². The molecule has 0 amide bonds. The molecule has 0 fully saturated rings. The van der Waals surface area contributed by atoms with E-state index in [1.54, 1.807) is 0 Å². The van der Waals surface area contributed by atoms with E-state index in [0.29, 0.717) is 5.92 Å². The van der Waals surface area contributed by atoms with Gasteiger partial charge in [-0.2, -0.15) is 0 Å². The molecule has 0 aromatic heterocycles. The molecule has 1 aromatic carbocycles. The average Bonchev–Trinajstić information content (AvgIpc) is 2.18. The van der Waals surface area contributed by atoms with Gasteiger partial charge in [0.15, 0.2) is 0 Å². The second-order valence-corrected chi connectivity index (χ2v) is 4.48. The largest absolute Gasteiger partial charge is 0.391 e. The van der Waals surface area contributed by atoms with Crippen molar-refractivity contribution in [1.82, 2.24) is 5.32 Å². The molecular formula is C14H21N. The predicted molar refractivity (Wildman–Crippen MR) is 67.8 cm³/mol. The summed E-state index contributed by atoms with van der Waals surface area (Å²) in [4.78, 5) is 0. The highest BCUT2D eigenvalue weighted by Gasteiger charge is 1.92. The summed E-state index contributed by atoms with van der Waals surface area (Å²) >= 11 is 0. The molecule has 0 atom stereocenters. The van der Waals surface area contributed by atoms with Gasteiger partial charge in [0.1, 0.15) is 0 Å². The average molecular weight is 203 g/mol. The molecule has 0 bridgehead atoms. The van der Waals surface area contributed by atoms with E-state index in [9.17, 15) is 0 Å². The summed E-state index contributed by atoms with van der Waals surface area (Å²) in [6.45, 7) is 9.73. The Bertz CT molecular complexity index is 337. The maximum Gasteiger partial charge on any atom is 0.0164 e. The first-order valence-corrected chi connectivity index (χ1v) is 5.57.